The van der Waals surface area contributed by atoms with Crippen molar-refractivity contribution in [1.82, 2.24) is 24.6 Å². The molecule has 1 fully saturated rings. The molecule has 2 aromatic heterocycles. The van der Waals surface area contributed by atoms with Gasteiger partial charge >= 0.3 is 13.7 Å². The second-order valence-electron chi connectivity index (χ2n) is 9.96. The fourth-order valence-corrected chi connectivity index (χ4v) is 5.76. The van der Waals surface area contributed by atoms with E-state index in [0.717, 1.165) is 6.92 Å². The van der Waals surface area contributed by atoms with Gasteiger partial charge in [-0.2, -0.15) is 15.1 Å². The Bertz CT molecular complexity index is 1540. The number of aliphatic hydroxyl groups excluding tert-OH is 1. The Balaban J connectivity index is 1.58. The van der Waals surface area contributed by atoms with E-state index in [1.807, 2.05) is 0 Å². The zero-order valence-electron chi connectivity index (χ0n) is 23.5. The van der Waals surface area contributed by atoms with Crippen LogP contribution in [0.2, 0.25) is 0 Å². The number of carbonyl (C=O) groups excluding carboxylic acids is 1. The van der Waals surface area contributed by atoms with Crippen molar-refractivity contribution in [2.75, 3.05) is 24.7 Å². The van der Waals surface area contributed by atoms with Crippen LogP contribution in [-0.4, -0.2) is 74.3 Å². The van der Waals surface area contributed by atoms with Crippen LogP contribution >= 0.6 is 7.75 Å². The number of nitrogens with two attached hydrogens (primary N) is 1. The van der Waals surface area contributed by atoms with Crippen LogP contribution in [-0.2, 0) is 23.4 Å². The molecule has 0 bridgehead atoms. The van der Waals surface area contributed by atoms with E-state index < -0.39 is 56.6 Å². The average Bonchev–Trinajstić information content (AvgIpc) is 3.44. The van der Waals surface area contributed by atoms with Gasteiger partial charge in [0, 0.05) is 7.05 Å². The third kappa shape index (κ3) is 6.45. The van der Waals surface area contributed by atoms with Gasteiger partial charge in [0.15, 0.2) is 34.6 Å². The SMILES string of the molecule is [C-]#[N+]c1cccc(O[P@](=O)(N[C@@H](C)C(=O)OC(C)C)OC[C@H]2O[C@@H](n3cnc4c(NC)nc(N)nc43)[C@](C)(F)[C@@H]2O)c1. The van der Waals surface area contributed by atoms with Crippen molar-refractivity contribution in [3.63, 3.8) is 0 Å². The maximum Gasteiger partial charge on any atom is 0.459 e. The van der Waals surface area contributed by atoms with E-state index in [9.17, 15) is 14.5 Å². The molecule has 3 heterocycles. The van der Waals surface area contributed by atoms with E-state index >= 15 is 4.39 Å². The first kappa shape index (κ1) is 31.1. The van der Waals surface area contributed by atoms with Crippen molar-refractivity contribution in [2.24, 2.45) is 0 Å². The molecular weight excluding hydrogens is 574 g/mol. The summed E-state index contributed by atoms with van der Waals surface area (Å²) in [4.78, 5) is 28.2. The molecule has 4 rings (SSSR count). The molecule has 15 nitrogen and oxygen atoms in total. The van der Waals surface area contributed by atoms with Crippen molar-refractivity contribution < 1.29 is 37.4 Å². The number of nitrogens with one attached hydrogen (secondary N) is 2. The van der Waals surface area contributed by atoms with Crippen LogP contribution in [0.25, 0.3) is 16.0 Å². The Morgan fingerprint density at radius 2 is 2.12 bits per heavy atom. The van der Waals surface area contributed by atoms with Crippen LogP contribution in [0, 0.1) is 6.57 Å². The number of hydrogen-bond donors (Lipinski definition) is 4. The Kier molecular flexibility index (Phi) is 9.00. The molecule has 1 aliphatic heterocycles. The molecule has 0 unspecified atom stereocenters. The standard InChI is InChI=1S/C25H32FN8O7P/c1-13(2)39-22(36)14(3)33-42(37,41-16-9-7-8-15(10-16)28-5)38-11-17-19(35)25(4,26)23(40-17)34-12-30-18-20(29-6)31-24(27)32-21(18)34/h7-10,12-14,17,19,23,35H,11H2,1-4,6H3,(H,33,37)(H3,27,29,31,32)/t14-,17+,19+,23+,25+,42-/m0/s1. The summed E-state index contributed by atoms with van der Waals surface area (Å²) >= 11 is 0. The maximum atomic E-state index is 16.0. The summed E-state index contributed by atoms with van der Waals surface area (Å²) in [5.41, 5.74) is 4.07. The number of nitrogen functional groups attached to an aromatic ring is 1. The zero-order chi connectivity index (χ0) is 30.8. The molecule has 0 amide bonds. The minimum atomic E-state index is -4.41. The van der Waals surface area contributed by atoms with Gasteiger partial charge < -0.3 is 30.2 Å². The number of aliphatic hydroxyl groups is 1. The first-order chi connectivity index (χ1) is 19.8. The number of anilines is 2. The Labute approximate surface area is 240 Å². The molecule has 6 atom stereocenters. The summed E-state index contributed by atoms with van der Waals surface area (Å²) in [5, 5.41) is 16.2. The Morgan fingerprint density at radius 1 is 1.38 bits per heavy atom. The highest BCUT2D eigenvalue weighted by Crippen LogP contribution is 2.48. The van der Waals surface area contributed by atoms with Gasteiger partial charge in [-0.15, -0.1) is 0 Å². The second kappa shape index (κ2) is 12.2. The molecule has 42 heavy (non-hydrogen) atoms. The van der Waals surface area contributed by atoms with Gasteiger partial charge in [0.05, 0.1) is 25.6 Å². The van der Waals surface area contributed by atoms with E-state index in [1.165, 1.54) is 42.1 Å². The average molecular weight is 607 g/mol. The number of aromatic nitrogens is 4. The first-order valence-corrected chi connectivity index (χ1v) is 14.4. The monoisotopic (exact) mass is 606 g/mol. The molecule has 3 aromatic rings. The van der Waals surface area contributed by atoms with Gasteiger partial charge in [0.1, 0.15) is 24.0 Å². The van der Waals surface area contributed by atoms with Crippen molar-refractivity contribution in [1.29, 1.82) is 0 Å². The zero-order valence-corrected chi connectivity index (χ0v) is 24.4. The van der Waals surface area contributed by atoms with Gasteiger partial charge in [-0.05, 0) is 39.8 Å². The fraction of sp³-hybridized carbons (Fsp3) is 0.480. The summed E-state index contributed by atoms with van der Waals surface area (Å²) in [6.45, 7) is 12.4. The lowest BCUT2D eigenvalue weighted by Gasteiger charge is -2.25. The number of ether oxygens (including phenoxy) is 2. The highest BCUT2D eigenvalue weighted by atomic mass is 31.2. The molecule has 5 N–H and O–H groups in total. The van der Waals surface area contributed by atoms with Gasteiger partial charge in [-0.1, -0.05) is 12.1 Å². The van der Waals surface area contributed by atoms with Gasteiger partial charge in [0.25, 0.3) is 0 Å². The number of halogens is 1. The number of esters is 1. The molecule has 17 heteroatoms. The molecular formula is C25H32FN8O7P. The molecule has 0 radical (unpaired) electrons. The van der Waals surface area contributed by atoms with Gasteiger partial charge in [-0.25, -0.2) is 18.8 Å². The minimum Gasteiger partial charge on any atom is -0.462 e. The topological polar surface area (TPSA) is 189 Å². The predicted molar refractivity (Wildman–Crippen MR) is 149 cm³/mol. The van der Waals surface area contributed by atoms with E-state index in [1.54, 1.807) is 20.9 Å². The lowest BCUT2D eigenvalue weighted by Crippen LogP contribution is -2.41. The number of rotatable bonds is 11. The number of alkyl halides is 1. The van der Waals surface area contributed by atoms with Crippen LogP contribution in [0.3, 0.4) is 0 Å². The van der Waals surface area contributed by atoms with E-state index in [2.05, 4.69) is 30.2 Å². The fourth-order valence-electron chi connectivity index (χ4n) is 4.26. The minimum absolute atomic E-state index is 0.00681. The molecule has 0 saturated carbocycles. The lowest BCUT2D eigenvalue weighted by molar-refractivity contribution is -0.149. The molecule has 1 aromatic carbocycles. The molecule has 1 aliphatic rings. The Morgan fingerprint density at radius 3 is 2.79 bits per heavy atom. The quantitative estimate of drug-likeness (QED) is 0.142. The predicted octanol–water partition coefficient (Wildman–Crippen LogP) is 3.12. The largest absolute Gasteiger partial charge is 0.462 e. The van der Waals surface area contributed by atoms with E-state index in [4.69, 9.17) is 30.8 Å². The summed E-state index contributed by atoms with van der Waals surface area (Å²) in [6, 6.07) is 4.65. The normalized spacial score (nSPS) is 24.2. The number of hydrogen-bond acceptors (Lipinski definition) is 12. The highest BCUT2D eigenvalue weighted by molar-refractivity contribution is 7.52. The summed E-state index contributed by atoms with van der Waals surface area (Å²) < 4.78 is 53.4. The highest BCUT2D eigenvalue weighted by Gasteiger charge is 2.56. The van der Waals surface area contributed by atoms with Crippen LogP contribution < -0.4 is 20.7 Å². The smallest absolute Gasteiger partial charge is 0.459 e. The van der Waals surface area contributed by atoms with Crippen LogP contribution in [0.5, 0.6) is 5.75 Å². The number of fused-ring (bicyclic) bond motifs is 1. The summed E-state index contributed by atoms with van der Waals surface area (Å²) in [6.07, 6.45) is -3.71. The number of benzene rings is 1. The van der Waals surface area contributed by atoms with Crippen LogP contribution in [0.15, 0.2) is 30.6 Å². The van der Waals surface area contributed by atoms with Crippen LogP contribution in [0.1, 0.15) is 33.9 Å². The van der Waals surface area contributed by atoms with Crippen molar-refractivity contribution in [2.45, 2.75) is 63.9 Å². The maximum absolute atomic E-state index is 16.0. The summed E-state index contributed by atoms with van der Waals surface area (Å²) in [7, 11) is -2.80. The van der Waals surface area contributed by atoms with Crippen molar-refractivity contribution in [3.8, 4) is 5.75 Å². The van der Waals surface area contributed by atoms with Crippen LogP contribution in [0.4, 0.5) is 21.8 Å². The number of imidazole rings is 1. The number of carbonyl (C=O) groups is 1. The lowest BCUT2D eigenvalue weighted by atomic mass is 9.98. The third-order valence-electron chi connectivity index (χ3n) is 6.28. The van der Waals surface area contributed by atoms with Gasteiger partial charge in [-0.3, -0.25) is 13.9 Å². The summed E-state index contributed by atoms with van der Waals surface area (Å²) in [5.74, 6) is -0.502. The van der Waals surface area contributed by atoms with Gasteiger partial charge in [0.2, 0.25) is 5.95 Å². The first-order valence-electron chi connectivity index (χ1n) is 12.9. The van der Waals surface area contributed by atoms with Crippen molar-refractivity contribution >= 4 is 42.3 Å². The molecule has 0 spiro atoms. The van der Waals surface area contributed by atoms with E-state index in [0.29, 0.717) is 11.3 Å². The number of nitrogens with zero attached hydrogens (tertiary/aromatic N) is 5. The van der Waals surface area contributed by atoms with Crippen molar-refractivity contribution in [3.05, 3.63) is 42.0 Å². The third-order valence-corrected chi connectivity index (χ3v) is 7.93. The second-order valence-corrected chi connectivity index (χ2v) is 11.7. The molecule has 1 saturated heterocycles. The molecule has 226 valence electrons. The van der Waals surface area contributed by atoms with E-state index in [-0.39, 0.29) is 23.0 Å². The Hall–Kier alpha value is -3.87. The molecule has 0 aliphatic carbocycles.